The van der Waals surface area contributed by atoms with E-state index in [4.69, 9.17) is 0 Å². The fourth-order valence-corrected chi connectivity index (χ4v) is 3.20. The second-order valence-electron chi connectivity index (χ2n) is 6.28. The van der Waals surface area contributed by atoms with Crippen molar-refractivity contribution in [2.24, 2.45) is 5.10 Å². The highest BCUT2D eigenvalue weighted by atomic mass is 16.3. The van der Waals surface area contributed by atoms with E-state index in [0.29, 0.717) is 5.56 Å². The molecule has 1 atom stereocenters. The molecule has 0 bridgehead atoms. The zero-order valence-electron chi connectivity index (χ0n) is 14.5. The van der Waals surface area contributed by atoms with Gasteiger partial charge in [0.1, 0.15) is 0 Å². The number of aliphatic hydroxyl groups excluding tert-OH is 1. The first kappa shape index (κ1) is 16.9. The Labute approximate surface area is 156 Å². The minimum absolute atomic E-state index is 0.529. The van der Waals surface area contributed by atoms with Crippen molar-refractivity contribution in [1.29, 1.82) is 0 Å². The van der Waals surface area contributed by atoms with Gasteiger partial charge in [0.25, 0.3) is 5.91 Å². The Morgan fingerprint density at radius 1 is 0.852 bits per heavy atom. The zero-order chi connectivity index (χ0) is 18.6. The van der Waals surface area contributed by atoms with Crippen LogP contribution in [0.25, 0.3) is 21.5 Å². The summed E-state index contributed by atoms with van der Waals surface area (Å²) in [5.41, 5.74) is 3.90. The molecule has 0 radical (unpaired) electrons. The molecule has 4 heteroatoms. The molecular formula is C23H18N2O2. The topological polar surface area (TPSA) is 61.7 Å². The quantitative estimate of drug-likeness (QED) is 0.328. The van der Waals surface area contributed by atoms with Gasteiger partial charge in [-0.2, -0.15) is 5.10 Å². The molecule has 0 spiro atoms. The summed E-state index contributed by atoms with van der Waals surface area (Å²) >= 11 is 0. The van der Waals surface area contributed by atoms with Gasteiger partial charge in [0, 0.05) is 5.56 Å². The average Bonchev–Trinajstić information content (AvgIpc) is 2.73. The van der Waals surface area contributed by atoms with E-state index in [0.717, 1.165) is 27.1 Å². The van der Waals surface area contributed by atoms with Gasteiger partial charge in [0.05, 0.1) is 6.21 Å². The van der Waals surface area contributed by atoms with Gasteiger partial charge in [0.2, 0.25) is 0 Å². The van der Waals surface area contributed by atoms with Crippen molar-refractivity contribution in [3.63, 3.8) is 0 Å². The fraction of sp³-hybridized carbons (Fsp3) is 0.0435. The lowest BCUT2D eigenvalue weighted by Gasteiger charge is -2.10. The van der Waals surface area contributed by atoms with Crippen LogP contribution < -0.4 is 5.43 Å². The van der Waals surface area contributed by atoms with E-state index in [2.05, 4.69) is 28.7 Å². The maximum Gasteiger partial charge on any atom is 0.273 e. The standard InChI is InChI=1S/C23H18N2O2/c26-22(16-8-2-1-3-9-16)23(27)25-24-15-21-19-12-6-4-10-17(19)14-18-11-5-7-13-20(18)21/h1-15,22,26H,(H,25,27)/t22-/m0/s1. The first-order chi connectivity index (χ1) is 13.2. The zero-order valence-corrected chi connectivity index (χ0v) is 14.5. The minimum Gasteiger partial charge on any atom is -0.378 e. The van der Waals surface area contributed by atoms with Crippen LogP contribution in [0.1, 0.15) is 17.2 Å². The number of aliphatic hydroxyl groups is 1. The van der Waals surface area contributed by atoms with Crippen LogP contribution in [0.15, 0.2) is 90.0 Å². The number of nitrogens with zero attached hydrogens (tertiary/aromatic N) is 1. The molecule has 4 rings (SSSR count). The Balaban J connectivity index is 1.65. The molecule has 2 N–H and O–H groups in total. The van der Waals surface area contributed by atoms with Crippen LogP contribution >= 0.6 is 0 Å². The van der Waals surface area contributed by atoms with E-state index in [1.165, 1.54) is 0 Å². The van der Waals surface area contributed by atoms with Crippen LogP contribution in [-0.2, 0) is 4.79 Å². The molecule has 0 aliphatic rings. The number of amides is 1. The monoisotopic (exact) mass is 354 g/mol. The van der Waals surface area contributed by atoms with Crippen molar-refractivity contribution in [1.82, 2.24) is 5.43 Å². The number of hydrogen-bond acceptors (Lipinski definition) is 3. The third-order valence-corrected chi connectivity index (χ3v) is 4.54. The molecule has 4 nitrogen and oxygen atoms in total. The highest BCUT2D eigenvalue weighted by Gasteiger charge is 2.16. The van der Waals surface area contributed by atoms with Gasteiger partial charge >= 0.3 is 0 Å². The Hall–Kier alpha value is -3.50. The number of benzene rings is 4. The van der Waals surface area contributed by atoms with Gasteiger partial charge in [-0.1, -0.05) is 78.9 Å². The Morgan fingerprint density at radius 2 is 1.41 bits per heavy atom. The van der Waals surface area contributed by atoms with Crippen LogP contribution in [0, 0.1) is 0 Å². The van der Waals surface area contributed by atoms with E-state index in [9.17, 15) is 9.90 Å². The summed E-state index contributed by atoms with van der Waals surface area (Å²) < 4.78 is 0. The van der Waals surface area contributed by atoms with Gasteiger partial charge in [-0.15, -0.1) is 0 Å². The van der Waals surface area contributed by atoms with E-state index in [-0.39, 0.29) is 0 Å². The van der Waals surface area contributed by atoms with Crippen LogP contribution in [0.2, 0.25) is 0 Å². The lowest BCUT2D eigenvalue weighted by molar-refractivity contribution is -0.129. The van der Waals surface area contributed by atoms with Crippen LogP contribution in [0.3, 0.4) is 0 Å². The molecule has 0 unspecified atom stereocenters. The van der Waals surface area contributed by atoms with Crippen molar-refractivity contribution in [3.05, 3.63) is 96.1 Å². The Bertz CT molecular complexity index is 1080. The summed E-state index contributed by atoms with van der Waals surface area (Å²) in [6.45, 7) is 0. The predicted molar refractivity (Wildman–Crippen MR) is 109 cm³/mol. The Morgan fingerprint density at radius 3 is 2.04 bits per heavy atom. The summed E-state index contributed by atoms with van der Waals surface area (Å²) in [5.74, 6) is -0.568. The van der Waals surface area contributed by atoms with Crippen molar-refractivity contribution >= 4 is 33.7 Å². The molecule has 0 heterocycles. The number of nitrogens with one attached hydrogen (secondary N) is 1. The SMILES string of the molecule is O=C(NN=Cc1c2ccccc2cc2ccccc12)[C@@H](O)c1ccccc1. The number of hydrazone groups is 1. The summed E-state index contributed by atoms with van der Waals surface area (Å²) in [4.78, 5) is 12.2. The van der Waals surface area contributed by atoms with Gasteiger partial charge in [0.15, 0.2) is 6.10 Å². The molecule has 4 aromatic rings. The molecule has 0 saturated heterocycles. The average molecular weight is 354 g/mol. The molecular weight excluding hydrogens is 336 g/mol. The molecule has 4 aromatic carbocycles. The molecule has 0 saturated carbocycles. The lowest BCUT2D eigenvalue weighted by atomic mass is 9.97. The maximum absolute atomic E-state index is 12.2. The highest BCUT2D eigenvalue weighted by molar-refractivity contribution is 6.13. The number of hydrogen-bond donors (Lipinski definition) is 2. The summed E-state index contributed by atoms with van der Waals surface area (Å²) in [5, 5.41) is 18.6. The molecule has 132 valence electrons. The first-order valence-electron chi connectivity index (χ1n) is 8.70. The van der Waals surface area contributed by atoms with Crippen molar-refractivity contribution in [3.8, 4) is 0 Å². The smallest absolute Gasteiger partial charge is 0.273 e. The van der Waals surface area contributed by atoms with Crippen molar-refractivity contribution in [2.75, 3.05) is 0 Å². The number of fused-ring (bicyclic) bond motifs is 2. The molecule has 0 fully saturated rings. The summed E-state index contributed by atoms with van der Waals surface area (Å²) in [7, 11) is 0. The van der Waals surface area contributed by atoms with Crippen LogP contribution in [0.4, 0.5) is 0 Å². The Kier molecular flexibility index (Phi) is 4.64. The van der Waals surface area contributed by atoms with Gasteiger partial charge in [-0.05, 0) is 33.2 Å². The minimum atomic E-state index is -1.26. The van der Waals surface area contributed by atoms with E-state index < -0.39 is 12.0 Å². The second-order valence-corrected chi connectivity index (χ2v) is 6.28. The van der Waals surface area contributed by atoms with E-state index in [1.807, 2.05) is 42.5 Å². The van der Waals surface area contributed by atoms with E-state index in [1.54, 1.807) is 30.5 Å². The number of carbonyl (C=O) groups excluding carboxylic acids is 1. The molecule has 0 aliphatic heterocycles. The number of carbonyl (C=O) groups is 1. The number of rotatable bonds is 4. The highest BCUT2D eigenvalue weighted by Crippen LogP contribution is 2.27. The van der Waals surface area contributed by atoms with Crippen molar-refractivity contribution in [2.45, 2.75) is 6.10 Å². The molecule has 0 aliphatic carbocycles. The lowest BCUT2D eigenvalue weighted by Crippen LogP contribution is -2.25. The third kappa shape index (κ3) is 3.43. The predicted octanol–water partition coefficient (Wildman–Crippen LogP) is 4.18. The second kappa shape index (κ2) is 7.40. The first-order valence-corrected chi connectivity index (χ1v) is 8.70. The molecule has 0 aromatic heterocycles. The third-order valence-electron chi connectivity index (χ3n) is 4.54. The van der Waals surface area contributed by atoms with Crippen LogP contribution in [0.5, 0.6) is 0 Å². The van der Waals surface area contributed by atoms with Gasteiger partial charge < -0.3 is 5.11 Å². The van der Waals surface area contributed by atoms with E-state index >= 15 is 0 Å². The van der Waals surface area contributed by atoms with Gasteiger partial charge in [-0.3, -0.25) is 4.79 Å². The largest absolute Gasteiger partial charge is 0.378 e. The fourth-order valence-electron chi connectivity index (χ4n) is 3.20. The maximum atomic E-state index is 12.2. The molecule has 27 heavy (non-hydrogen) atoms. The normalized spacial score (nSPS) is 12.5. The van der Waals surface area contributed by atoms with Crippen molar-refractivity contribution < 1.29 is 9.90 Å². The van der Waals surface area contributed by atoms with Crippen LogP contribution in [-0.4, -0.2) is 17.2 Å². The summed E-state index contributed by atoms with van der Waals surface area (Å²) in [6, 6.07) is 27.0. The molecule has 1 amide bonds. The summed E-state index contributed by atoms with van der Waals surface area (Å²) in [6.07, 6.45) is 0.382. The van der Waals surface area contributed by atoms with Gasteiger partial charge in [-0.25, -0.2) is 5.43 Å².